The summed E-state index contributed by atoms with van der Waals surface area (Å²) in [6.07, 6.45) is 8.19. The average Bonchev–Trinajstić information content (AvgIpc) is 2.66. The molecule has 0 spiro atoms. The maximum absolute atomic E-state index is 11.1. The first-order valence-corrected chi connectivity index (χ1v) is 10.1. The summed E-state index contributed by atoms with van der Waals surface area (Å²) in [5.74, 6) is 2.80. The standard InChI is InChI=1S/C24H26O3/c1-27-22-7-6-20(18-2-4-19(5-3-18)23(25)26)11-21(22)24-12-15-8-16(13-24)10-17(9-15)14-24/h2-7,11,15-17H,8-10,12-14H2,1H3,(H,25,26). The lowest BCUT2D eigenvalue weighted by Gasteiger charge is -2.57. The van der Waals surface area contributed by atoms with E-state index in [4.69, 9.17) is 9.84 Å². The first-order chi connectivity index (χ1) is 13.1. The van der Waals surface area contributed by atoms with Crippen LogP contribution in [0.15, 0.2) is 42.5 Å². The molecule has 0 aromatic heterocycles. The normalized spacial score (nSPS) is 31.1. The SMILES string of the molecule is COc1ccc(-c2ccc(C(=O)O)cc2)cc1C12CC3CC(CC(C3)C1)C2. The summed E-state index contributed by atoms with van der Waals surface area (Å²) < 4.78 is 5.80. The fourth-order valence-electron chi connectivity index (χ4n) is 6.55. The van der Waals surface area contributed by atoms with Crippen LogP contribution in [0.1, 0.15) is 54.4 Å². The van der Waals surface area contributed by atoms with E-state index in [0.717, 1.165) is 34.6 Å². The zero-order valence-electron chi connectivity index (χ0n) is 15.8. The molecule has 140 valence electrons. The van der Waals surface area contributed by atoms with E-state index >= 15 is 0 Å². The first kappa shape index (κ1) is 16.9. The molecule has 2 aromatic carbocycles. The molecule has 3 heteroatoms. The summed E-state index contributed by atoms with van der Waals surface area (Å²) in [4.78, 5) is 11.1. The van der Waals surface area contributed by atoms with Crippen molar-refractivity contribution < 1.29 is 14.6 Å². The molecule has 0 aliphatic heterocycles. The number of benzene rings is 2. The molecule has 1 N–H and O–H groups in total. The van der Waals surface area contributed by atoms with Crippen LogP contribution in [0.3, 0.4) is 0 Å². The van der Waals surface area contributed by atoms with Gasteiger partial charge in [-0.25, -0.2) is 4.79 Å². The zero-order valence-corrected chi connectivity index (χ0v) is 15.8. The highest BCUT2D eigenvalue weighted by Gasteiger charge is 2.52. The van der Waals surface area contributed by atoms with Crippen LogP contribution in [-0.2, 0) is 5.41 Å². The Morgan fingerprint density at radius 2 is 1.48 bits per heavy atom. The smallest absolute Gasteiger partial charge is 0.335 e. The molecule has 0 radical (unpaired) electrons. The topological polar surface area (TPSA) is 46.5 Å². The van der Waals surface area contributed by atoms with Gasteiger partial charge in [-0.3, -0.25) is 0 Å². The molecular weight excluding hydrogens is 336 g/mol. The van der Waals surface area contributed by atoms with Gasteiger partial charge in [0.25, 0.3) is 0 Å². The molecule has 0 atom stereocenters. The molecule has 6 rings (SSSR count). The van der Waals surface area contributed by atoms with Crippen molar-refractivity contribution in [1.29, 1.82) is 0 Å². The minimum absolute atomic E-state index is 0.275. The summed E-state index contributed by atoms with van der Waals surface area (Å²) in [5.41, 5.74) is 4.20. The van der Waals surface area contributed by atoms with Gasteiger partial charge in [0.15, 0.2) is 0 Å². The third kappa shape index (κ3) is 2.75. The number of carbonyl (C=O) groups is 1. The van der Waals surface area contributed by atoms with E-state index in [1.165, 1.54) is 44.1 Å². The first-order valence-electron chi connectivity index (χ1n) is 10.1. The molecule has 4 aliphatic rings. The van der Waals surface area contributed by atoms with Crippen molar-refractivity contribution in [2.24, 2.45) is 17.8 Å². The van der Waals surface area contributed by atoms with E-state index in [2.05, 4.69) is 18.2 Å². The van der Waals surface area contributed by atoms with Crippen LogP contribution in [0, 0.1) is 17.8 Å². The quantitative estimate of drug-likeness (QED) is 0.778. The van der Waals surface area contributed by atoms with Crippen LogP contribution in [0.5, 0.6) is 5.75 Å². The van der Waals surface area contributed by atoms with Crippen molar-refractivity contribution >= 4 is 5.97 Å². The Balaban J connectivity index is 1.56. The van der Waals surface area contributed by atoms with Crippen LogP contribution in [0.25, 0.3) is 11.1 Å². The highest BCUT2D eigenvalue weighted by molar-refractivity contribution is 5.88. The minimum atomic E-state index is -0.884. The zero-order chi connectivity index (χ0) is 18.6. The second-order valence-corrected chi connectivity index (χ2v) is 9.00. The summed E-state index contributed by atoms with van der Waals surface area (Å²) in [7, 11) is 1.78. The fraction of sp³-hybridized carbons (Fsp3) is 0.458. The molecule has 0 saturated heterocycles. The lowest BCUT2D eigenvalue weighted by Crippen LogP contribution is -2.48. The van der Waals surface area contributed by atoms with Crippen molar-refractivity contribution in [3.8, 4) is 16.9 Å². The summed E-state index contributed by atoms with van der Waals surface area (Å²) >= 11 is 0. The summed E-state index contributed by atoms with van der Waals surface area (Å²) in [6, 6.07) is 13.7. The maximum Gasteiger partial charge on any atom is 0.335 e. The largest absolute Gasteiger partial charge is 0.496 e. The molecule has 3 nitrogen and oxygen atoms in total. The Morgan fingerprint density at radius 3 is 2.00 bits per heavy atom. The van der Waals surface area contributed by atoms with Gasteiger partial charge in [0.2, 0.25) is 0 Å². The van der Waals surface area contributed by atoms with Crippen molar-refractivity contribution in [3.05, 3.63) is 53.6 Å². The number of carboxylic acid groups (broad SMARTS) is 1. The van der Waals surface area contributed by atoms with Gasteiger partial charge in [0.05, 0.1) is 12.7 Å². The lowest BCUT2D eigenvalue weighted by atomic mass is 9.48. The second kappa shape index (κ2) is 6.12. The van der Waals surface area contributed by atoms with Gasteiger partial charge in [-0.15, -0.1) is 0 Å². The number of methoxy groups -OCH3 is 1. The van der Waals surface area contributed by atoms with Crippen molar-refractivity contribution in [2.45, 2.75) is 43.9 Å². The van der Waals surface area contributed by atoms with Crippen LogP contribution in [-0.4, -0.2) is 18.2 Å². The third-order valence-corrected chi connectivity index (χ3v) is 7.27. The number of aromatic carboxylic acids is 1. The van der Waals surface area contributed by atoms with Crippen LogP contribution < -0.4 is 4.74 Å². The van der Waals surface area contributed by atoms with Crippen LogP contribution >= 0.6 is 0 Å². The van der Waals surface area contributed by atoms with Crippen LogP contribution in [0.2, 0.25) is 0 Å². The molecule has 4 bridgehead atoms. The monoisotopic (exact) mass is 362 g/mol. The number of ether oxygens (including phenoxy) is 1. The lowest BCUT2D eigenvalue weighted by molar-refractivity contribution is -0.00613. The highest BCUT2D eigenvalue weighted by Crippen LogP contribution is 2.62. The van der Waals surface area contributed by atoms with Gasteiger partial charge in [-0.2, -0.15) is 0 Å². The average molecular weight is 362 g/mol. The molecule has 0 unspecified atom stereocenters. The molecule has 2 aromatic rings. The molecule has 27 heavy (non-hydrogen) atoms. The molecule has 4 fully saturated rings. The Labute approximate surface area is 160 Å². The Morgan fingerprint density at radius 1 is 0.926 bits per heavy atom. The maximum atomic E-state index is 11.1. The Kier molecular flexibility index (Phi) is 3.82. The van der Waals surface area contributed by atoms with Gasteiger partial charge >= 0.3 is 5.97 Å². The number of hydrogen-bond donors (Lipinski definition) is 1. The number of carboxylic acids is 1. The van der Waals surface area contributed by atoms with Gasteiger partial charge in [-0.05, 0) is 97.1 Å². The highest BCUT2D eigenvalue weighted by atomic mass is 16.5. The van der Waals surface area contributed by atoms with Crippen molar-refractivity contribution in [1.82, 2.24) is 0 Å². The van der Waals surface area contributed by atoms with Gasteiger partial charge in [0.1, 0.15) is 5.75 Å². The van der Waals surface area contributed by atoms with Crippen molar-refractivity contribution in [3.63, 3.8) is 0 Å². The van der Waals surface area contributed by atoms with Gasteiger partial charge in [0, 0.05) is 5.56 Å². The number of hydrogen-bond acceptors (Lipinski definition) is 2. The van der Waals surface area contributed by atoms with Gasteiger partial charge in [-0.1, -0.05) is 18.2 Å². The number of rotatable bonds is 4. The second-order valence-electron chi connectivity index (χ2n) is 9.00. The van der Waals surface area contributed by atoms with E-state index in [1.807, 2.05) is 12.1 Å². The Hall–Kier alpha value is -2.29. The summed E-state index contributed by atoms with van der Waals surface area (Å²) in [6.45, 7) is 0. The van der Waals surface area contributed by atoms with E-state index in [9.17, 15) is 4.79 Å². The molecule has 0 amide bonds. The fourth-order valence-corrected chi connectivity index (χ4v) is 6.55. The van der Waals surface area contributed by atoms with E-state index in [0.29, 0.717) is 5.56 Å². The molecule has 0 heterocycles. The summed E-state index contributed by atoms with van der Waals surface area (Å²) in [5, 5.41) is 9.14. The molecule has 4 saturated carbocycles. The Bertz CT molecular complexity index is 846. The van der Waals surface area contributed by atoms with E-state index < -0.39 is 5.97 Å². The third-order valence-electron chi connectivity index (χ3n) is 7.27. The van der Waals surface area contributed by atoms with Crippen molar-refractivity contribution in [2.75, 3.05) is 7.11 Å². The van der Waals surface area contributed by atoms with E-state index in [-0.39, 0.29) is 5.41 Å². The minimum Gasteiger partial charge on any atom is -0.496 e. The van der Waals surface area contributed by atoms with E-state index in [1.54, 1.807) is 19.2 Å². The predicted molar refractivity (Wildman–Crippen MR) is 105 cm³/mol. The predicted octanol–water partition coefficient (Wildman–Crippen LogP) is 5.53. The molecular formula is C24H26O3. The van der Waals surface area contributed by atoms with Crippen LogP contribution in [0.4, 0.5) is 0 Å². The van der Waals surface area contributed by atoms with Gasteiger partial charge < -0.3 is 9.84 Å². The molecule has 4 aliphatic carbocycles.